The second kappa shape index (κ2) is 7.95. The van der Waals surface area contributed by atoms with E-state index >= 15 is 0 Å². The van der Waals surface area contributed by atoms with Gasteiger partial charge in [-0.25, -0.2) is 14.6 Å². The molecule has 10 heteroatoms. The lowest BCUT2D eigenvalue weighted by Gasteiger charge is -2.28. The topological polar surface area (TPSA) is 111 Å². The maximum Gasteiger partial charge on any atom is 0.337 e. The molecule has 0 fully saturated rings. The van der Waals surface area contributed by atoms with Crippen molar-refractivity contribution in [1.82, 2.24) is 30.2 Å². The van der Waals surface area contributed by atoms with Gasteiger partial charge in [0.15, 0.2) is 5.16 Å². The van der Waals surface area contributed by atoms with Gasteiger partial charge in [0.25, 0.3) is 5.78 Å². The summed E-state index contributed by atoms with van der Waals surface area (Å²) in [6.45, 7) is 7.79. The number of hydrogen-bond donors (Lipinski definition) is 2. The van der Waals surface area contributed by atoms with E-state index in [-0.39, 0.29) is 18.7 Å². The predicted octanol–water partition coefficient (Wildman–Crippen LogP) is 1.74. The van der Waals surface area contributed by atoms with Gasteiger partial charge in [0, 0.05) is 22.8 Å². The second-order valence-corrected chi connectivity index (χ2v) is 7.06. The van der Waals surface area contributed by atoms with Crippen LogP contribution in [0.1, 0.15) is 31.7 Å². The number of nitrogens with zero attached hydrogens (tertiary/aromatic N) is 4. The summed E-state index contributed by atoms with van der Waals surface area (Å²) < 4.78 is 7.03. The summed E-state index contributed by atoms with van der Waals surface area (Å²) in [4.78, 5) is 28.8. The molecule has 0 spiro atoms. The lowest BCUT2D eigenvalue weighted by molar-refractivity contribution is -0.139. The number of rotatable bonds is 6. The molecule has 2 N–H and O–H groups in total. The van der Waals surface area contributed by atoms with Crippen molar-refractivity contribution in [3.8, 4) is 0 Å². The zero-order valence-corrected chi connectivity index (χ0v) is 16.5. The molecule has 0 aromatic carbocycles. The van der Waals surface area contributed by atoms with Crippen LogP contribution in [0.5, 0.6) is 0 Å². The molecular formula is C17H22N6O3S. The lowest BCUT2D eigenvalue weighted by atomic mass is 10.0. The Bertz CT molecular complexity index is 923. The monoisotopic (exact) mass is 390 g/mol. The minimum absolute atomic E-state index is 0.270. The van der Waals surface area contributed by atoms with Crippen LogP contribution in [-0.2, 0) is 9.53 Å². The van der Waals surface area contributed by atoms with Crippen LogP contribution in [0.25, 0.3) is 5.78 Å². The molecule has 144 valence electrons. The Morgan fingerprint density at radius 1 is 1.33 bits per heavy atom. The largest absolute Gasteiger partial charge is 0.463 e. The van der Waals surface area contributed by atoms with Crippen LogP contribution in [0.15, 0.2) is 22.5 Å². The third-order valence-corrected chi connectivity index (χ3v) is 5.11. The number of aryl methyl sites for hydroxylation is 2. The van der Waals surface area contributed by atoms with Gasteiger partial charge in [0.1, 0.15) is 0 Å². The Balaban J connectivity index is 1.92. The third kappa shape index (κ3) is 3.90. The lowest BCUT2D eigenvalue weighted by Crippen LogP contribution is -2.50. The van der Waals surface area contributed by atoms with E-state index in [1.807, 2.05) is 31.2 Å². The minimum atomic E-state index is -0.424. The number of ether oxygens (including phenoxy) is 1. The summed E-state index contributed by atoms with van der Waals surface area (Å²) in [5.74, 6) is 0.453. The minimum Gasteiger partial charge on any atom is -0.463 e. The molecule has 0 bridgehead atoms. The molecule has 0 saturated carbocycles. The number of aromatic nitrogens is 4. The first-order chi connectivity index (χ1) is 12.9. The molecule has 2 aromatic heterocycles. The van der Waals surface area contributed by atoms with Gasteiger partial charge in [-0.1, -0.05) is 18.7 Å². The number of esters is 1. The molecule has 1 aliphatic heterocycles. The standard InChI is InChI=1S/C17H22N6O3S/c1-5-11-13(14(24)26-6-2)12(20-16(25)19-11)8-27-17-22-21-15-18-9(3)7-10(4)23(15)17/h7,11H,5-6,8H2,1-4H3,(H2,19,20,25)/t11-/m1/s1. The van der Waals surface area contributed by atoms with Crippen molar-refractivity contribution in [1.29, 1.82) is 0 Å². The van der Waals surface area contributed by atoms with Crippen molar-refractivity contribution in [3.63, 3.8) is 0 Å². The van der Waals surface area contributed by atoms with Crippen LogP contribution in [0.2, 0.25) is 0 Å². The molecule has 0 saturated heterocycles. The molecule has 1 aliphatic rings. The van der Waals surface area contributed by atoms with Crippen LogP contribution in [-0.4, -0.2) is 50.0 Å². The molecule has 0 unspecified atom stereocenters. The highest BCUT2D eigenvalue weighted by Crippen LogP contribution is 2.24. The van der Waals surface area contributed by atoms with Gasteiger partial charge in [-0.15, -0.1) is 10.2 Å². The number of hydrogen-bond acceptors (Lipinski definition) is 7. The fourth-order valence-corrected chi connectivity index (χ4v) is 3.96. The van der Waals surface area contributed by atoms with E-state index in [2.05, 4.69) is 25.8 Å². The van der Waals surface area contributed by atoms with Crippen LogP contribution >= 0.6 is 11.8 Å². The first-order valence-electron chi connectivity index (χ1n) is 8.74. The summed E-state index contributed by atoms with van der Waals surface area (Å²) in [5.41, 5.74) is 2.81. The van der Waals surface area contributed by atoms with Gasteiger partial charge in [0.2, 0.25) is 0 Å². The predicted molar refractivity (Wildman–Crippen MR) is 100 cm³/mol. The molecule has 0 aliphatic carbocycles. The van der Waals surface area contributed by atoms with Gasteiger partial charge in [-0.2, -0.15) is 0 Å². The summed E-state index contributed by atoms with van der Waals surface area (Å²) >= 11 is 1.38. The first kappa shape index (κ1) is 19.2. The van der Waals surface area contributed by atoms with Gasteiger partial charge < -0.3 is 15.4 Å². The van der Waals surface area contributed by atoms with Gasteiger partial charge in [0.05, 0.1) is 18.2 Å². The summed E-state index contributed by atoms with van der Waals surface area (Å²) in [5, 5.41) is 14.4. The molecule has 0 radical (unpaired) electrons. The first-order valence-corrected chi connectivity index (χ1v) is 9.73. The summed E-state index contributed by atoms with van der Waals surface area (Å²) in [6, 6.07) is 1.24. The fourth-order valence-electron chi connectivity index (χ4n) is 3.01. The molecule has 3 heterocycles. The van der Waals surface area contributed by atoms with E-state index in [0.29, 0.717) is 34.4 Å². The van der Waals surface area contributed by atoms with Gasteiger partial charge in [-0.05, 0) is 33.3 Å². The Hall–Kier alpha value is -2.62. The van der Waals surface area contributed by atoms with Crippen molar-refractivity contribution in [2.75, 3.05) is 12.4 Å². The van der Waals surface area contributed by atoms with Gasteiger partial charge in [-0.3, -0.25) is 4.40 Å². The van der Waals surface area contributed by atoms with E-state index < -0.39 is 5.97 Å². The second-order valence-electron chi connectivity index (χ2n) is 6.12. The Morgan fingerprint density at radius 3 is 2.81 bits per heavy atom. The highest BCUT2D eigenvalue weighted by molar-refractivity contribution is 7.99. The fraction of sp³-hybridized carbons (Fsp3) is 0.471. The highest BCUT2D eigenvalue weighted by atomic mass is 32.2. The van der Waals surface area contributed by atoms with E-state index in [4.69, 9.17) is 4.74 Å². The van der Waals surface area contributed by atoms with Crippen molar-refractivity contribution in [3.05, 3.63) is 28.7 Å². The zero-order valence-electron chi connectivity index (χ0n) is 15.7. The number of fused-ring (bicyclic) bond motifs is 1. The van der Waals surface area contributed by atoms with E-state index in [1.54, 1.807) is 6.92 Å². The number of thioether (sulfide) groups is 1. The summed E-state index contributed by atoms with van der Waals surface area (Å²) in [6.07, 6.45) is 0.589. The maximum atomic E-state index is 12.4. The van der Waals surface area contributed by atoms with E-state index in [1.165, 1.54) is 11.8 Å². The highest BCUT2D eigenvalue weighted by Gasteiger charge is 2.31. The van der Waals surface area contributed by atoms with Crippen LogP contribution in [0.3, 0.4) is 0 Å². The molecule has 2 aromatic rings. The average molecular weight is 390 g/mol. The number of nitrogens with one attached hydrogen (secondary N) is 2. The van der Waals surface area contributed by atoms with Crippen molar-refractivity contribution in [2.45, 2.75) is 45.3 Å². The molecule has 27 heavy (non-hydrogen) atoms. The van der Waals surface area contributed by atoms with Crippen molar-refractivity contribution < 1.29 is 14.3 Å². The van der Waals surface area contributed by atoms with Crippen LogP contribution in [0, 0.1) is 13.8 Å². The van der Waals surface area contributed by atoms with E-state index in [9.17, 15) is 9.59 Å². The maximum absolute atomic E-state index is 12.4. The van der Waals surface area contributed by atoms with Crippen molar-refractivity contribution in [2.24, 2.45) is 0 Å². The van der Waals surface area contributed by atoms with E-state index in [0.717, 1.165) is 11.4 Å². The molecule has 1 atom stereocenters. The van der Waals surface area contributed by atoms with Gasteiger partial charge >= 0.3 is 12.0 Å². The Morgan fingerprint density at radius 2 is 2.11 bits per heavy atom. The number of amides is 2. The third-order valence-electron chi connectivity index (χ3n) is 4.16. The van der Waals surface area contributed by atoms with Crippen molar-refractivity contribution >= 4 is 29.5 Å². The smallest absolute Gasteiger partial charge is 0.337 e. The van der Waals surface area contributed by atoms with Crippen LogP contribution in [0.4, 0.5) is 4.79 Å². The Labute approximate surface area is 161 Å². The number of carbonyl (C=O) groups is 2. The molecule has 3 rings (SSSR count). The Kier molecular flexibility index (Phi) is 5.64. The quantitative estimate of drug-likeness (QED) is 0.571. The molecule has 2 amide bonds. The summed E-state index contributed by atoms with van der Waals surface area (Å²) in [7, 11) is 0. The number of carbonyl (C=O) groups excluding carboxylic acids is 2. The average Bonchev–Trinajstić information content (AvgIpc) is 3.02. The molecule has 9 nitrogen and oxygen atoms in total. The SMILES string of the molecule is CCOC(=O)C1=C(CSc2nnc3nc(C)cc(C)n23)NC(=O)N[C@@H]1CC. The number of urea groups is 1. The van der Waals surface area contributed by atoms with Crippen LogP contribution < -0.4 is 10.6 Å². The zero-order chi connectivity index (χ0) is 19.6. The normalized spacial score (nSPS) is 17.0. The molecular weight excluding hydrogens is 368 g/mol.